The van der Waals surface area contributed by atoms with Gasteiger partial charge in [0.2, 0.25) is 5.91 Å². The molecule has 0 saturated carbocycles. The van der Waals surface area contributed by atoms with Gasteiger partial charge in [0.15, 0.2) is 0 Å². The number of rotatable bonds is 3. The van der Waals surface area contributed by atoms with Crippen LogP contribution in [0.15, 0.2) is 30.3 Å². The summed E-state index contributed by atoms with van der Waals surface area (Å²) in [7, 11) is 2.02. The highest BCUT2D eigenvalue weighted by molar-refractivity contribution is 5.81. The molecule has 1 aromatic rings. The summed E-state index contributed by atoms with van der Waals surface area (Å²) in [6.07, 6.45) is 4.04. The lowest BCUT2D eigenvalue weighted by atomic mass is 9.73. The molecule has 3 fully saturated rings. The highest BCUT2D eigenvalue weighted by atomic mass is 16.5. The number of carbonyl (C=O) groups excluding carboxylic acids is 1. The maximum Gasteiger partial charge on any atom is 0.223 e. The minimum Gasteiger partial charge on any atom is -0.381 e. The largest absolute Gasteiger partial charge is 0.381 e. The van der Waals surface area contributed by atoms with Crippen LogP contribution in [0.4, 0.5) is 0 Å². The number of hydrogen-bond donors (Lipinski definition) is 0. The van der Waals surface area contributed by atoms with Gasteiger partial charge in [-0.1, -0.05) is 30.3 Å². The normalized spacial score (nSPS) is 30.4. The SMILES string of the molecule is CN1C(=O)CC(c2ccccc2)C12CCN(CC1CCOC1)CC2. The molecule has 2 unspecified atom stereocenters. The van der Waals surface area contributed by atoms with Crippen LogP contribution < -0.4 is 0 Å². The van der Waals surface area contributed by atoms with E-state index in [9.17, 15) is 4.79 Å². The Kier molecular flexibility index (Phi) is 4.35. The number of piperidine rings is 1. The van der Waals surface area contributed by atoms with Crippen LogP contribution in [0.1, 0.15) is 37.2 Å². The Bertz CT molecular complexity index is 575. The van der Waals surface area contributed by atoms with E-state index in [2.05, 4.69) is 40.1 Å². The van der Waals surface area contributed by atoms with E-state index in [1.54, 1.807) is 0 Å². The molecular formula is C20H28N2O2. The third-order valence-electron chi connectivity index (χ3n) is 6.53. The van der Waals surface area contributed by atoms with Gasteiger partial charge in [-0.2, -0.15) is 0 Å². The first-order valence-electron chi connectivity index (χ1n) is 9.31. The molecule has 0 aromatic heterocycles. The van der Waals surface area contributed by atoms with Crippen LogP contribution >= 0.6 is 0 Å². The van der Waals surface area contributed by atoms with Gasteiger partial charge in [-0.3, -0.25) is 4.79 Å². The molecule has 0 radical (unpaired) electrons. The molecule has 0 N–H and O–H groups in total. The van der Waals surface area contributed by atoms with E-state index in [-0.39, 0.29) is 5.54 Å². The molecule has 24 heavy (non-hydrogen) atoms. The van der Waals surface area contributed by atoms with Crippen molar-refractivity contribution in [1.29, 1.82) is 0 Å². The second kappa shape index (κ2) is 6.49. The summed E-state index contributed by atoms with van der Waals surface area (Å²) in [5.74, 6) is 1.35. The van der Waals surface area contributed by atoms with E-state index in [0.717, 1.165) is 45.7 Å². The van der Waals surface area contributed by atoms with Gasteiger partial charge in [0.1, 0.15) is 0 Å². The Morgan fingerprint density at radius 3 is 2.62 bits per heavy atom. The van der Waals surface area contributed by atoms with E-state index in [1.807, 2.05) is 7.05 Å². The number of nitrogens with zero attached hydrogens (tertiary/aromatic N) is 2. The van der Waals surface area contributed by atoms with Crippen molar-refractivity contribution in [3.63, 3.8) is 0 Å². The van der Waals surface area contributed by atoms with Crippen LogP contribution in [0.5, 0.6) is 0 Å². The Balaban J connectivity index is 1.49. The first-order valence-corrected chi connectivity index (χ1v) is 9.31. The smallest absolute Gasteiger partial charge is 0.223 e. The quantitative estimate of drug-likeness (QED) is 0.855. The molecule has 4 nitrogen and oxygen atoms in total. The van der Waals surface area contributed by atoms with Gasteiger partial charge in [0.05, 0.1) is 12.1 Å². The number of likely N-dealkylation sites (tertiary alicyclic amines) is 2. The molecule has 4 heteroatoms. The molecule has 1 aromatic carbocycles. The molecule has 1 amide bonds. The van der Waals surface area contributed by atoms with Crippen molar-refractivity contribution in [3.8, 4) is 0 Å². The van der Waals surface area contributed by atoms with E-state index in [0.29, 0.717) is 24.2 Å². The van der Waals surface area contributed by atoms with Gasteiger partial charge in [-0.25, -0.2) is 0 Å². The molecule has 0 bridgehead atoms. The predicted molar refractivity (Wildman–Crippen MR) is 93.9 cm³/mol. The second-order valence-electron chi connectivity index (χ2n) is 7.75. The standard InChI is InChI=1S/C20H28N2O2/c1-21-19(23)13-18(17-5-3-2-4-6-17)20(21)8-10-22(11-9-20)14-16-7-12-24-15-16/h2-6,16,18H,7-15H2,1H3. The molecule has 1 spiro atoms. The molecule has 0 aliphatic carbocycles. The minimum atomic E-state index is 0.0150. The Labute approximate surface area is 144 Å². The predicted octanol–water partition coefficient (Wildman–Crippen LogP) is 2.50. The van der Waals surface area contributed by atoms with Crippen molar-refractivity contribution in [2.75, 3.05) is 39.9 Å². The van der Waals surface area contributed by atoms with Crippen molar-refractivity contribution >= 4 is 5.91 Å². The van der Waals surface area contributed by atoms with Crippen molar-refractivity contribution in [2.45, 2.75) is 37.1 Å². The number of benzene rings is 1. The number of amides is 1. The van der Waals surface area contributed by atoms with Gasteiger partial charge in [-0.15, -0.1) is 0 Å². The fourth-order valence-corrected chi connectivity index (χ4v) is 5.00. The van der Waals surface area contributed by atoms with E-state index in [4.69, 9.17) is 4.74 Å². The van der Waals surface area contributed by atoms with Crippen LogP contribution in [0.3, 0.4) is 0 Å². The lowest BCUT2D eigenvalue weighted by Crippen LogP contribution is -2.54. The van der Waals surface area contributed by atoms with Gasteiger partial charge in [0.25, 0.3) is 0 Å². The molecule has 4 rings (SSSR count). The average molecular weight is 328 g/mol. The van der Waals surface area contributed by atoms with Crippen LogP contribution in [-0.2, 0) is 9.53 Å². The highest BCUT2D eigenvalue weighted by Crippen LogP contribution is 2.48. The number of hydrogen-bond acceptors (Lipinski definition) is 3. The van der Waals surface area contributed by atoms with Gasteiger partial charge in [-0.05, 0) is 30.7 Å². The summed E-state index contributed by atoms with van der Waals surface area (Å²) >= 11 is 0. The molecule has 130 valence electrons. The number of carbonyl (C=O) groups is 1. The summed E-state index contributed by atoms with van der Waals surface area (Å²) in [5.41, 5.74) is 1.34. The average Bonchev–Trinajstić information content (AvgIpc) is 3.21. The third-order valence-corrected chi connectivity index (χ3v) is 6.53. The molecule has 3 saturated heterocycles. The summed E-state index contributed by atoms with van der Waals surface area (Å²) in [6, 6.07) is 10.6. The maximum atomic E-state index is 12.5. The van der Waals surface area contributed by atoms with Crippen LogP contribution in [0.25, 0.3) is 0 Å². The zero-order chi connectivity index (χ0) is 16.6. The molecule has 2 atom stereocenters. The van der Waals surface area contributed by atoms with Crippen molar-refractivity contribution < 1.29 is 9.53 Å². The van der Waals surface area contributed by atoms with Crippen LogP contribution in [0, 0.1) is 5.92 Å². The fraction of sp³-hybridized carbons (Fsp3) is 0.650. The van der Waals surface area contributed by atoms with Crippen molar-refractivity contribution in [3.05, 3.63) is 35.9 Å². The van der Waals surface area contributed by atoms with Crippen LogP contribution in [0.2, 0.25) is 0 Å². The second-order valence-corrected chi connectivity index (χ2v) is 7.75. The maximum absolute atomic E-state index is 12.5. The molecule has 3 aliphatic heterocycles. The first-order chi connectivity index (χ1) is 11.7. The van der Waals surface area contributed by atoms with Crippen LogP contribution in [-0.4, -0.2) is 61.1 Å². The first kappa shape index (κ1) is 16.1. The minimum absolute atomic E-state index is 0.0150. The Morgan fingerprint density at radius 1 is 1.21 bits per heavy atom. The topological polar surface area (TPSA) is 32.8 Å². The monoisotopic (exact) mass is 328 g/mol. The zero-order valence-corrected chi connectivity index (χ0v) is 14.6. The number of likely N-dealkylation sites (N-methyl/N-ethyl adjacent to an activating group) is 1. The molecular weight excluding hydrogens is 300 g/mol. The Morgan fingerprint density at radius 2 is 1.96 bits per heavy atom. The van der Waals surface area contributed by atoms with Gasteiger partial charge < -0.3 is 14.5 Å². The van der Waals surface area contributed by atoms with Crippen molar-refractivity contribution in [2.24, 2.45) is 5.92 Å². The van der Waals surface area contributed by atoms with Crippen molar-refractivity contribution in [1.82, 2.24) is 9.80 Å². The Hall–Kier alpha value is -1.39. The lowest BCUT2D eigenvalue weighted by molar-refractivity contribution is -0.130. The summed E-state index contributed by atoms with van der Waals surface area (Å²) < 4.78 is 5.52. The summed E-state index contributed by atoms with van der Waals surface area (Å²) in [5, 5.41) is 0. The zero-order valence-electron chi connectivity index (χ0n) is 14.6. The summed E-state index contributed by atoms with van der Waals surface area (Å²) in [4.78, 5) is 17.1. The molecule has 3 aliphatic rings. The number of ether oxygens (including phenoxy) is 1. The van der Waals surface area contributed by atoms with E-state index >= 15 is 0 Å². The molecule has 3 heterocycles. The fourth-order valence-electron chi connectivity index (χ4n) is 5.00. The van der Waals surface area contributed by atoms with Gasteiger partial charge >= 0.3 is 0 Å². The third kappa shape index (κ3) is 2.76. The highest BCUT2D eigenvalue weighted by Gasteiger charge is 2.52. The lowest BCUT2D eigenvalue weighted by Gasteiger charge is -2.47. The van der Waals surface area contributed by atoms with Gasteiger partial charge in [0, 0.05) is 45.6 Å². The summed E-state index contributed by atoms with van der Waals surface area (Å²) in [6.45, 7) is 5.20. The van der Waals surface area contributed by atoms with E-state index in [1.165, 1.54) is 12.0 Å². The van der Waals surface area contributed by atoms with E-state index < -0.39 is 0 Å².